The molecule has 6 heteroatoms. The molecule has 1 aromatic rings. The van der Waals surface area contributed by atoms with E-state index in [4.69, 9.17) is 14.9 Å². The van der Waals surface area contributed by atoms with E-state index in [1.807, 2.05) is 0 Å². The highest BCUT2D eigenvalue weighted by atomic mass is 16.6. The van der Waals surface area contributed by atoms with Gasteiger partial charge < -0.3 is 14.9 Å². The molecule has 0 aromatic heterocycles. The zero-order chi connectivity index (χ0) is 14.3. The van der Waals surface area contributed by atoms with Crippen LogP contribution in [0.3, 0.4) is 0 Å². The predicted octanol–water partition coefficient (Wildman–Crippen LogP) is 2.24. The van der Waals surface area contributed by atoms with Crippen molar-refractivity contribution in [1.29, 1.82) is 0 Å². The SMILES string of the molecule is CCC1CC(O)CCO1.O=[N+]([O-])c1ccc(O)cc1. The quantitative estimate of drug-likeness (QED) is 0.634. The number of aromatic hydroxyl groups is 1. The van der Waals surface area contributed by atoms with Crippen LogP contribution in [-0.4, -0.2) is 34.0 Å². The van der Waals surface area contributed by atoms with E-state index in [1.54, 1.807) is 0 Å². The first-order valence-electron chi connectivity index (χ1n) is 6.26. The molecule has 19 heavy (non-hydrogen) atoms. The number of nitro benzene ring substituents is 1. The second-order valence-corrected chi connectivity index (χ2v) is 4.35. The number of nitrogens with zero attached hydrogens (tertiary/aromatic N) is 1. The maximum Gasteiger partial charge on any atom is 0.269 e. The number of benzene rings is 1. The van der Waals surface area contributed by atoms with Gasteiger partial charge in [0.1, 0.15) is 5.75 Å². The van der Waals surface area contributed by atoms with Crippen molar-refractivity contribution in [1.82, 2.24) is 0 Å². The molecule has 0 amide bonds. The van der Waals surface area contributed by atoms with Crippen LogP contribution in [0.1, 0.15) is 26.2 Å². The van der Waals surface area contributed by atoms with Crippen molar-refractivity contribution >= 4 is 5.69 Å². The number of aliphatic hydroxyl groups is 1. The van der Waals surface area contributed by atoms with E-state index in [-0.39, 0.29) is 17.5 Å². The molecule has 0 radical (unpaired) electrons. The number of nitro groups is 1. The Labute approximate surface area is 111 Å². The fourth-order valence-electron chi connectivity index (χ4n) is 1.72. The Balaban J connectivity index is 0.000000191. The average molecular weight is 269 g/mol. The van der Waals surface area contributed by atoms with Crippen LogP contribution in [0.15, 0.2) is 24.3 Å². The standard InChI is InChI=1S/C7H14O2.C6H5NO3/c1-2-7-5-6(8)3-4-9-7;8-6-3-1-5(2-4-6)7(9)10/h6-8H,2-5H2,1H3;1-4,8H. The highest BCUT2D eigenvalue weighted by molar-refractivity contribution is 5.34. The lowest BCUT2D eigenvalue weighted by Crippen LogP contribution is -2.28. The summed E-state index contributed by atoms with van der Waals surface area (Å²) in [6.07, 6.45) is 2.88. The van der Waals surface area contributed by atoms with Crippen molar-refractivity contribution in [2.75, 3.05) is 6.61 Å². The number of rotatable bonds is 2. The lowest BCUT2D eigenvalue weighted by atomic mass is 10.0. The van der Waals surface area contributed by atoms with E-state index >= 15 is 0 Å². The molecule has 1 aliphatic rings. The Morgan fingerprint density at radius 2 is 2.05 bits per heavy atom. The summed E-state index contributed by atoms with van der Waals surface area (Å²) >= 11 is 0. The summed E-state index contributed by atoms with van der Waals surface area (Å²) in [5.74, 6) is 0.0330. The van der Waals surface area contributed by atoms with E-state index in [0.717, 1.165) is 25.9 Å². The normalized spacial score (nSPS) is 22.2. The maximum absolute atomic E-state index is 10.0. The summed E-state index contributed by atoms with van der Waals surface area (Å²) in [4.78, 5) is 9.52. The Morgan fingerprint density at radius 1 is 1.42 bits per heavy atom. The molecule has 0 aliphatic carbocycles. The van der Waals surface area contributed by atoms with Gasteiger partial charge in [-0.2, -0.15) is 0 Å². The van der Waals surface area contributed by atoms with E-state index < -0.39 is 4.92 Å². The second kappa shape index (κ2) is 7.70. The number of hydrogen-bond donors (Lipinski definition) is 2. The third kappa shape index (κ3) is 5.67. The van der Waals surface area contributed by atoms with E-state index in [9.17, 15) is 10.1 Å². The van der Waals surface area contributed by atoms with Gasteiger partial charge in [0.25, 0.3) is 5.69 Å². The molecule has 1 heterocycles. The first-order valence-corrected chi connectivity index (χ1v) is 6.26. The van der Waals surface area contributed by atoms with Crippen LogP contribution in [-0.2, 0) is 4.74 Å². The average Bonchev–Trinajstić information content (AvgIpc) is 2.40. The van der Waals surface area contributed by atoms with Crippen LogP contribution in [0.2, 0.25) is 0 Å². The Bertz CT molecular complexity index is 393. The molecule has 106 valence electrons. The molecule has 1 aliphatic heterocycles. The lowest BCUT2D eigenvalue weighted by molar-refractivity contribution is -0.384. The summed E-state index contributed by atoms with van der Waals surface area (Å²) in [6.45, 7) is 2.82. The van der Waals surface area contributed by atoms with Gasteiger partial charge in [-0.25, -0.2) is 0 Å². The fraction of sp³-hybridized carbons (Fsp3) is 0.538. The van der Waals surface area contributed by atoms with Crippen LogP contribution in [0.5, 0.6) is 5.75 Å². The van der Waals surface area contributed by atoms with Gasteiger partial charge in [0.05, 0.1) is 17.1 Å². The summed E-state index contributed by atoms with van der Waals surface area (Å²) in [5.41, 5.74) is -0.0159. The van der Waals surface area contributed by atoms with E-state index in [0.29, 0.717) is 6.10 Å². The van der Waals surface area contributed by atoms with Crippen LogP contribution in [0.25, 0.3) is 0 Å². The molecule has 2 atom stereocenters. The van der Waals surface area contributed by atoms with Gasteiger partial charge in [-0.15, -0.1) is 0 Å². The summed E-state index contributed by atoms with van der Waals surface area (Å²) in [6, 6.07) is 5.04. The molecule has 1 fully saturated rings. The van der Waals surface area contributed by atoms with Gasteiger partial charge in [-0.05, 0) is 31.4 Å². The smallest absolute Gasteiger partial charge is 0.269 e. The number of ether oxygens (including phenoxy) is 1. The van der Waals surface area contributed by atoms with Crippen molar-refractivity contribution < 1.29 is 19.9 Å². The molecule has 2 unspecified atom stereocenters. The highest BCUT2D eigenvalue weighted by Crippen LogP contribution is 2.15. The van der Waals surface area contributed by atoms with Gasteiger partial charge in [-0.1, -0.05) is 6.92 Å². The van der Waals surface area contributed by atoms with Gasteiger partial charge in [-0.3, -0.25) is 10.1 Å². The van der Waals surface area contributed by atoms with Crippen molar-refractivity contribution in [2.45, 2.75) is 38.4 Å². The molecule has 1 saturated heterocycles. The molecule has 0 spiro atoms. The van der Waals surface area contributed by atoms with Gasteiger partial charge in [0.15, 0.2) is 0 Å². The third-order valence-corrected chi connectivity index (χ3v) is 2.86. The number of non-ortho nitro benzene ring substituents is 1. The molecule has 0 saturated carbocycles. The first kappa shape index (κ1) is 15.4. The minimum atomic E-state index is -0.514. The molecule has 2 rings (SSSR count). The number of phenolic OH excluding ortho intramolecular Hbond substituents is 1. The van der Waals surface area contributed by atoms with Crippen molar-refractivity contribution in [3.8, 4) is 5.75 Å². The highest BCUT2D eigenvalue weighted by Gasteiger charge is 2.18. The van der Waals surface area contributed by atoms with Gasteiger partial charge >= 0.3 is 0 Å². The Kier molecular flexibility index (Phi) is 6.24. The second-order valence-electron chi connectivity index (χ2n) is 4.35. The molecule has 6 nitrogen and oxygen atoms in total. The Hall–Kier alpha value is -1.66. The molecule has 0 bridgehead atoms. The third-order valence-electron chi connectivity index (χ3n) is 2.86. The van der Waals surface area contributed by atoms with Crippen LogP contribution in [0, 0.1) is 10.1 Å². The van der Waals surface area contributed by atoms with Crippen LogP contribution in [0.4, 0.5) is 5.69 Å². The molecular formula is C13H19NO5. The summed E-state index contributed by atoms with van der Waals surface area (Å²) < 4.78 is 5.34. The summed E-state index contributed by atoms with van der Waals surface area (Å²) in [5, 5.41) is 27.9. The Morgan fingerprint density at radius 3 is 2.47 bits per heavy atom. The van der Waals surface area contributed by atoms with Crippen LogP contribution < -0.4 is 0 Å². The fourth-order valence-corrected chi connectivity index (χ4v) is 1.72. The van der Waals surface area contributed by atoms with E-state index in [2.05, 4.69) is 6.92 Å². The van der Waals surface area contributed by atoms with Crippen molar-refractivity contribution in [2.24, 2.45) is 0 Å². The minimum Gasteiger partial charge on any atom is -0.508 e. The lowest BCUT2D eigenvalue weighted by Gasteiger charge is -2.25. The molecule has 2 N–H and O–H groups in total. The number of aliphatic hydroxyl groups excluding tert-OH is 1. The number of phenols is 1. The number of hydrogen-bond acceptors (Lipinski definition) is 5. The van der Waals surface area contributed by atoms with Gasteiger partial charge in [0, 0.05) is 18.7 Å². The van der Waals surface area contributed by atoms with Crippen molar-refractivity contribution in [3.63, 3.8) is 0 Å². The largest absolute Gasteiger partial charge is 0.508 e. The maximum atomic E-state index is 10.0. The monoisotopic (exact) mass is 269 g/mol. The van der Waals surface area contributed by atoms with Crippen LogP contribution >= 0.6 is 0 Å². The van der Waals surface area contributed by atoms with E-state index in [1.165, 1.54) is 24.3 Å². The molecule has 1 aromatic carbocycles. The zero-order valence-corrected chi connectivity index (χ0v) is 10.9. The zero-order valence-electron chi connectivity index (χ0n) is 10.9. The predicted molar refractivity (Wildman–Crippen MR) is 70.0 cm³/mol. The van der Waals surface area contributed by atoms with Crippen molar-refractivity contribution in [3.05, 3.63) is 34.4 Å². The van der Waals surface area contributed by atoms with Gasteiger partial charge in [0.2, 0.25) is 0 Å². The minimum absolute atomic E-state index is 0.0159. The summed E-state index contributed by atoms with van der Waals surface area (Å²) in [7, 11) is 0. The topological polar surface area (TPSA) is 92.8 Å². The molecular weight excluding hydrogens is 250 g/mol. The first-order chi connectivity index (χ1) is 9.02.